The summed E-state index contributed by atoms with van der Waals surface area (Å²) in [6.45, 7) is 4.86. The smallest absolute Gasteiger partial charge is 0.271 e. The van der Waals surface area contributed by atoms with Crippen molar-refractivity contribution >= 4 is 5.91 Å². The molecule has 16 heavy (non-hydrogen) atoms. The average Bonchev–Trinajstić information content (AvgIpc) is 2.59. The number of aryl methyl sites for hydroxylation is 2. The molecule has 1 aromatic rings. The predicted octanol–water partition coefficient (Wildman–Crippen LogP) is 2.04. The molecule has 0 aliphatic rings. The molecule has 1 N–H and O–H groups in total. The second-order valence-electron chi connectivity index (χ2n) is 4.11. The summed E-state index contributed by atoms with van der Waals surface area (Å²) in [4.78, 5) is 11.7. The van der Waals surface area contributed by atoms with E-state index in [0.717, 1.165) is 18.7 Å². The first-order valence-electron chi connectivity index (χ1n) is 5.94. The van der Waals surface area contributed by atoms with E-state index in [2.05, 4.69) is 17.3 Å². The third-order valence-electron chi connectivity index (χ3n) is 2.66. The number of rotatable bonds is 6. The highest BCUT2D eigenvalue weighted by Gasteiger charge is 2.09. The van der Waals surface area contributed by atoms with E-state index in [1.165, 1.54) is 19.3 Å². The van der Waals surface area contributed by atoms with Crippen LogP contribution in [0.5, 0.6) is 0 Å². The van der Waals surface area contributed by atoms with E-state index in [0.29, 0.717) is 5.69 Å². The number of nitrogens with one attached hydrogen (secondary N) is 1. The molecule has 1 amide bonds. The molecule has 0 aliphatic carbocycles. The first-order chi connectivity index (χ1) is 7.65. The Bertz CT molecular complexity index is 325. The minimum atomic E-state index is -0.0693. The van der Waals surface area contributed by atoms with Crippen molar-refractivity contribution < 1.29 is 4.79 Å². The van der Waals surface area contributed by atoms with Gasteiger partial charge in [-0.2, -0.15) is 5.10 Å². The highest BCUT2D eigenvalue weighted by atomic mass is 16.1. The predicted molar refractivity (Wildman–Crippen MR) is 64.4 cm³/mol. The zero-order valence-corrected chi connectivity index (χ0v) is 10.4. The van der Waals surface area contributed by atoms with Gasteiger partial charge >= 0.3 is 0 Å². The minimum Gasteiger partial charge on any atom is -0.351 e. The van der Waals surface area contributed by atoms with Gasteiger partial charge in [-0.25, -0.2) is 0 Å². The molecule has 0 saturated heterocycles. The Kier molecular flexibility index (Phi) is 5.02. The maximum absolute atomic E-state index is 11.7. The van der Waals surface area contributed by atoms with E-state index in [1.54, 1.807) is 10.7 Å². The van der Waals surface area contributed by atoms with Gasteiger partial charge in [-0.3, -0.25) is 9.48 Å². The second kappa shape index (κ2) is 6.30. The maximum Gasteiger partial charge on any atom is 0.271 e. The van der Waals surface area contributed by atoms with Gasteiger partial charge in [0, 0.05) is 19.3 Å². The first-order valence-corrected chi connectivity index (χ1v) is 5.94. The number of unbranched alkanes of at least 4 members (excludes halogenated alkanes) is 3. The topological polar surface area (TPSA) is 46.9 Å². The first kappa shape index (κ1) is 12.7. The summed E-state index contributed by atoms with van der Waals surface area (Å²) >= 11 is 0. The SMILES string of the molecule is CCCCCCNC(=O)c1cc(C)n(C)n1. The van der Waals surface area contributed by atoms with Crippen molar-refractivity contribution in [1.82, 2.24) is 15.1 Å². The zero-order valence-electron chi connectivity index (χ0n) is 10.4. The molecular weight excluding hydrogens is 202 g/mol. The molecule has 0 spiro atoms. The quantitative estimate of drug-likeness (QED) is 0.750. The molecule has 1 heterocycles. The molecule has 1 rings (SSSR count). The van der Waals surface area contributed by atoms with Crippen LogP contribution in [0.3, 0.4) is 0 Å². The fourth-order valence-corrected chi connectivity index (χ4v) is 1.52. The summed E-state index contributed by atoms with van der Waals surface area (Å²) in [6.07, 6.45) is 4.68. The largest absolute Gasteiger partial charge is 0.351 e. The molecule has 0 radical (unpaired) electrons. The van der Waals surface area contributed by atoms with Crippen LogP contribution in [0.2, 0.25) is 0 Å². The summed E-state index contributed by atoms with van der Waals surface area (Å²) in [6, 6.07) is 1.81. The van der Waals surface area contributed by atoms with Crippen LogP contribution >= 0.6 is 0 Å². The highest BCUT2D eigenvalue weighted by molar-refractivity contribution is 5.92. The molecular formula is C12H21N3O. The lowest BCUT2D eigenvalue weighted by atomic mass is 10.2. The Morgan fingerprint density at radius 2 is 2.19 bits per heavy atom. The van der Waals surface area contributed by atoms with E-state index in [4.69, 9.17) is 0 Å². The Morgan fingerprint density at radius 1 is 1.44 bits per heavy atom. The zero-order chi connectivity index (χ0) is 12.0. The van der Waals surface area contributed by atoms with Gasteiger partial charge < -0.3 is 5.32 Å². The van der Waals surface area contributed by atoms with Crippen molar-refractivity contribution in [3.8, 4) is 0 Å². The molecule has 0 aromatic carbocycles. The number of amides is 1. The molecule has 4 nitrogen and oxygen atoms in total. The third kappa shape index (κ3) is 3.68. The van der Waals surface area contributed by atoms with Gasteiger partial charge in [0.25, 0.3) is 5.91 Å². The van der Waals surface area contributed by atoms with Crippen LogP contribution in [-0.4, -0.2) is 22.2 Å². The van der Waals surface area contributed by atoms with Gasteiger partial charge in [-0.15, -0.1) is 0 Å². The van der Waals surface area contributed by atoms with Gasteiger partial charge in [-0.1, -0.05) is 26.2 Å². The molecule has 1 aromatic heterocycles. The Balaban J connectivity index is 2.30. The number of aromatic nitrogens is 2. The van der Waals surface area contributed by atoms with Gasteiger partial charge in [0.05, 0.1) is 0 Å². The lowest BCUT2D eigenvalue weighted by Gasteiger charge is -2.02. The van der Waals surface area contributed by atoms with E-state index >= 15 is 0 Å². The molecule has 90 valence electrons. The molecule has 0 bridgehead atoms. The molecule has 0 unspecified atom stereocenters. The molecule has 0 atom stereocenters. The van der Waals surface area contributed by atoms with Crippen LogP contribution in [-0.2, 0) is 7.05 Å². The summed E-state index contributed by atoms with van der Waals surface area (Å²) in [5, 5.41) is 7.01. The summed E-state index contributed by atoms with van der Waals surface area (Å²) < 4.78 is 1.71. The lowest BCUT2D eigenvalue weighted by molar-refractivity contribution is 0.0947. The molecule has 0 aliphatic heterocycles. The lowest BCUT2D eigenvalue weighted by Crippen LogP contribution is -2.24. The van der Waals surface area contributed by atoms with Crippen molar-refractivity contribution in [2.45, 2.75) is 39.5 Å². The van der Waals surface area contributed by atoms with Gasteiger partial charge in [-0.05, 0) is 19.4 Å². The van der Waals surface area contributed by atoms with Crippen molar-refractivity contribution in [2.24, 2.45) is 7.05 Å². The van der Waals surface area contributed by atoms with Gasteiger partial charge in [0.2, 0.25) is 0 Å². The van der Waals surface area contributed by atoms with Crippen molar-refractivity contribution in [3.05, 3.63) is 17.5 Å². The van der Waals surface area contributed by atoms with E-state index in [9.17, 15) is 4.79 Å². The van der Waals surface area contributed by atoms with Crippen molar-refractivity contribution in [1.29, 1.82) is 0 Å². The van der Waals surface area contributed by atoms with E-state index in [1.807, 2.05) is 14.0 Å². The summed E-state index contributed by atoms with van der Waals surface area (Å²) in [7, 11) is 1.84. The van der Waals surface area contributed by atoms with Gasteiger partial charge in [0.15, 0.2) is 0 Å². The van der Waals surface area contributed by atoms with Gasteiger partial charge in [0.1, 0.15) is 5.69 Å². The molecule has 0 fully saturated rings. The van der Waals surface area contributed by atoms with Crippen LogP contribution in [0.25, 0.3) is 0 Å². The Hall–Kier alpha value is -1.32. The fraction of sp³-hybridized carbons (Fsp3) is 0.667. The monoisotopic (exact) mass is 223 g/mol. The number of hydrogen-bond donors (Lipinski definition) is 1. The molecule has 0 saturated carbocycles. The standard InChI is InChI=1S/C12H21N3O/c1-4-5-6-7-8-13-12(16)11-9-10(2)15(3)14-11/h9H,4-8H2,1-3H3,(H,13,16). The Morgan fingerprint density at radius 3 is 2.75 bits per heavy atom. The summed E-state index contributed by atoms with van der Waals surface area (Å²) in [5.74, 6) is -0.0693. The van der Waals surface area contributed by atoms with E-state index in [-0.39, 0.29) is 5.91 Å². The average molecular weight is 223 g/mol. The number of nitrogens with zero attached hydrogens (tertiary/aromatic N) is 2. The van der Waals surface area contributed by atoms with Crippen LogP contribution in [0, 0.1) is 6.92 Å². The minimum absolute atomic E-state index is 0.0693. The van der Waals surface area contributed by atoms with Crippen LogP contribution in [0.4, 0.5) is 0 Å². The van der Waals surface area contributed by atoms with Crippen molar-refractivity contribution in [3.63, 3.8) is 0 Å². The highest BCUT2D eigenvalue weighted by Crippen LogP contribution is 2.01. The molecule has 4 heteroatoms. The van der Waals surface area contributed by atoms with Crippen molar-refractivity contribution in [2.75, 3.05) is 6.54 Å². The second-order valence-corrected chi connectivity index (χ2v) is 4.11. The third-order valence-corrected chi connectivity index (χ3v) is 2.66. The van der Waals surface area contributed by atoms with Crippen LogP contribution < -0.4 is 5.32 Å². The van der Waals surface area contributed by atoms with Crippen LogP contribution in [0.1, 0.15) is 48.8 Å². The summed E-state index contributed by atoms with van der Waals surface area (Å²) in [5.41, 5.74) is 1.51. The normalized spacial score (nSPS) is 10.4. The number of carbonyl (C=O) groups excluding carboxylic acids is 1. The van der Waals surface area contributed by atoms with E-state index < -0.39 is 0 Å². The number of hydrogen-bond acceptors (Lipinski definition) is 2. The Labute approximate surface area is 97.0 Å². The maximum atomic E-state index is 11.7. The number of carbonyl (C=O) groups is 1. The van der Waals surface area contributed by atoms with Crippen LogP contribution in [0.15, 0.2) is 6.07 Å². The fourth-order valence-electron chi connectivity index (χ4n) is 1.52.